The SMILES string of the molecule is C=C/C=C(\C=C)Cc1ccc(ON)c(S)c1. The summed E-state index contributed by atoms with van der Waals surface area (Å²) < 4.78 is 0. The lowest BCUT2D eigenvalue weighted by Crippen LogP contribution is -2.02. The minimum absolute atomic E-state index is 0.569. The average Bonchev–Trinajstić information content (AvgIpc) is 2.28. The van der Waals surface area contributed by atoms with Gasteiger partial charge < -0.3 is 4.84 Å². The average molecular weight is 233 g/mol. The summed E-state index contributed by atoms with van der Waals surface area (Å²) in [5.41, 5.74) is 2.22. The van der Waals surface area contributed by atoms with Crippen molar-refractivity contribution in [1.29, 1.82) is 0 Å². The molecule has 1 aromatic carbocycles. The van der Waals surface area contributed by atoms with Gasteiger partial charge in [0.25, 0.3) is 0 Å². The fourth-order valence-electron chi connectivity index (χ4n) is 1.36. The number of nitrogens with two attached hydrogens (primary N) is 1. The maximum atomic E-state index is 5.09. The van der Waals surface area contributed by atoms with E-state index < -0.39 is 0 Å². The van der Waals surface area contributed by atoms with Crippen LogP contribution in [0.15, 0.2) is 60.1 Å². The molecule has 0 aliphatic carbocycles. The van der Waals surface area contributed by atoms with E-state index >= 15 is 0 Å². The van der Waals surface area contributed by atoms with Crippen LogP contribution in [0, 0.1) is 0 Å². The molecule has 0 heterocycles. The van der Waals surface area contributed by atoms with Crippen LogP contribution in [0.25, 0.3) is 0 Å². The van der Waals surface area contributed by atoms with E-state index in [0.29, 0.717) is 5.75 Å². The molecule has 0 fully saturated rings. The molecule has 2 nitrogen and oxygen atoms in total. The van der Waals surface area contributed by atoms with Crippen LogP contribution in [0.5, 0.6) is 5.75 Å². The van der Waals surface area contributed by atoms with Crippen LogP contribution in [0.3, 0.4) is 0 Å². The molecule has 2 N–H and O–H groups in total. The molecule has 0 aliphatic heterocycles. The van der Waals surface area contributed by atoms with Crippen LogP contribution in [-0.2, 0) is 6.42 Å². The summed E-state index contributed by atoms with van der Waals surface area (Å²) in [6.45, 7) is 7.41. The van der Waals surface area contributed by atoms with E-state index in [2.05, 4.69) is 30.6 Å². The van der Waals surface area contributed by atoms with Gasteiger partial charge in [-0.1, -0.05) is 37.5 Å². The first-order valence-electron chi connectivity index (χ1n) is 4.84. The molecular weight excluding hydrogens is 218 g/mol. The highest BCUT2D eigenvalue weighted by Gasteiger charge is 2.02. The lowest BCUT2D eigenvalue weighted by molar-refractivity contribution is 0.326. The maximum Gasteiger partial charge on any atom is 0.160 e. The molecule has 0 unspecified atom stereocenters. The van der Waals surface area contributed by atoms with Crippen molar-refractivity contribution in [3.8, 4) is 5.75 Å². The zero-order valence-electron chi connectivity index (χ0n) is 9.02. The van der Waals surface area contributed by atoms with Gasteiger partial charge in [-0.15, -0.1) is 12.6 Å². The summed E-state index contributed by atoms with van der Waals surface area (Å²) in [6, 6.07) is 5.67. The predicted octanol–water partition coefficient (Wildman–Crippen LogP) is 3.07. The number of hydrogen-bond acceptors (Lipinski definition) is 3. The lowest BCUT2D eigenvalue weighted by atomic mass is 10.0. The summed E-state index contributed by atoms with van der Waals surface area (Å²) in [6.07, 6.45) is 6.27. The molecule has 3 heteroatoms. The Morgan fingerprint density at radius 3 is 2.69 bits per heavy atom. The van der Waals surface area contributed by atoms with Crippen LogP contribution in [0.1, 0.15) is 5.56 Å². The quantitative estimate of drug-likeness (QED) is 0.466. The van der Waals surface area contributed by atoms with E-state index in [4.69, 9.17) is 5.90 Å². The molecule has 0 aromatic heterocycles. The minimum atomic E-state index is 0.569. The summed E-state index contributed by atoms with van der Waals surface area (Å²) >= 11 is 4.28. The van der Waals surface area contributed by atoms with Gasteiger partial charge in [0.05, 0.1) is 0 Å². The van der Waals surface area contributed by atoms with Crippen molar-refractivity contribution in [1.82, 2.24) is 0 Å². The van der Waals surface area contributed by atoms with Gasteiger partial charge in [0, 0.05) is 4.90 Å². The van der Waals surface area contributed by atoms with Crippen molar-refractivity contribution in [2.45, 2.75) is 11.3 Å². The first kappa shape index (κ1) is 12.6. The van der Waals surface area contributed by atoms with Gasteiger partial charge in [-0.05, 0) is 29.7 Å². The normalized spacial score (nSPS) is 11.0. The molecule has 0 radical (unpaired) electrons. The second-order valence-corrected chi connectivity index (χ2v) is 3.76. The highest BCUT2D eigenvalue weighted by molar-refractivity contribution is 7.80. The van der Waals surface area contributed by atoms with Crippen LogP contribution in [-0.4, -0.2) is 0 Å². The summed E-state index contributed by atoms with van der Waals surface area (Å²) in [5.74, 6) is 5.66. The topological polar surface area (TPSA) is 35.2 Å². The zero-order valence-corrected chi connectivity index (χ0v) is 9.91. The Bertz CT molecular complexity index is 424. The molecule has 0 spiro atoms. The highest BCUT2D eigenvalue weighted by Crippen LogP contribution is 2.24. The fraction of sp³-hybridized carbons (Fsp3) is 0.0769. The third kappa shape index (κ3) is 3.29. The molecule has 1 rings (SSSR count). The van der Waals surface area contributed by atoms with Gasteiger partial charge >= 0.3 is 0 Å². The maximum absolute atomic E-state index is 5.09. The molecular formula is C13H15NOS. The Morgan fingerprint density at radius 1 is 1.44 bits per heavy atom. The van der Waals surface area contributed by atoms with Gasteiger partial charge in [0.15, 0.2) is 5.75 Å². The molecule has 16 heavy (non-hydrogen) atoms. The molecule has 0 atom stereocenters. The Labute approximate surface area is 101 Å². The molecule has 0 aliphatic rings. The summed E-state index contributed by atoms with van der Waals surface area (Å²) in [5, 5.41) is 0. The smallest absolute Gasteiger partial charge is 0.160 e. The number of benzene rings is 1. The predicted molar refractivity (Wildman–Crippen MR) is 70.7 cm³/mol. The van der Waals surface area contributed by atoms with Crippen LogP contribution >= 0.6 is 12.6 Å². The largest absolute Gasteiger partial charge is 0.410 e. The highest BCUT2D eigenvalue weighted by atomic mass is 32.1. The first-order valence-corrected chi connectivity index (χ1v) is 5.28. The number of hydrogen-bond donors (Lipinski definition) is 2. The standard InChI is InChI=1S/C13H15NOS/c1-3-5-10(4-2)8-11-6-7-12(15-14)13(16)9-11/h3-7,9,16H,1-2,8,14H2/b10-5+. The Morgan fingerprint density at radius 2 is 2.19 bits per heavy atom. The zero-order chi connectivity index (χ0) is 12.0. The van der Waals surface area contributed by atoms with Gasteiger partial charge in [0.1, 0.15) is 0 Å². The Kier molecular flexibility index (Phi) is 4.89. The Balaban J connectivity index is 2.90. The van der Waals surface area contributed by atoms with E-state index in [1.54, 1.807) is 12.1 Å². The van der Waals surface area contributed by atoms with Crippen LogP contribution < -0.4 is 10.7 Å². The molecule has 0 amide bonds. The molecule has 0 saturated carbocycles. The van der Waals surface area contributed by atoms with Crippen molar-refractivity contribution in [2.24, 2.45) is 5.90 Å². The number of thiol groups is 1. The van der Waals surface area contributed by atoms with E-state index in [0.717, 1.165) is 22.5 Å². The molecule has 84 valence electrons. The van der Waals surface area contributed by atoms with E-state index in [1.807, 2.05) is 24.3 Å². The molecule has 0 bridgehead atoms. The van der Waals surface area contributed by atoms with Gasteiger partial charge in [-0.2, -0.15) is 5.90 Å². The van der Waals surface area contributed by atoms with E-state index in [9.17, 15) is 0 Å². The van der Waals surface area contributed by atoms with Gasteiger partial charge in [-0.25, -0.2) is 0 Å². The first-order chi connectivity index (χ1) is 7.71. The van der Waals surface area contributed by atoms with Crippen molar-refractivity contribution >= 4 is 12.6 Å². The summed E-state index contributed by atoms with van der Waals surface area (Å²) in [7, 11) is 0. The van der Waals surface area contributed by atoms with E-state index in [-0.39, 0.29) is 0 Å². The molecule has 1 aromatic rings. The second-order valence-electron chi connectivity index (χ2n) is 3.28. The van der Waals surface area contributed by atoms with Crippen molar-refractivity contribution in [2.75, 3.05) is 0 Å². The number of rotatable bonds is 5. The third-order valence-electron chi connectivity index (χ3n) is 2.15. The van der Waals surface area contributed by atoms with Crippen molar-refractivity contribution in [3.05, 3.63) is 60.7 Å². The summed E-state index contributed by atoms with van der Waals surface area (Å²) in [4.78, 5) is 5.38. The van der Waals surface area contributed by atoms with Crippen molar-refractivity contribution in [3.63, 3.8) is 0 Å². The monoisotopic (exact) mass is 233 g/mol. The van der Waals surface area contributed by atoms with E-state index in [1.165, 1.54) is 0 Å². The Hall–Kier alpha value is -1.45. The third-order valence-corrected chi connectivity index (χ3v) is 2.50. The lowest BCUT2D eigenvalue weighted by Gasteiger charge is -2.06. The number of allylic oxidation sites excluding steroid dienone is 4. The van der Waals surface area contributed by atoms with Gasteiger partial charge in [0.2, 0.25) is 0 Å². The fourth-order valence-corrected chi connectivity index (χ4v) is 1.65. The molecule has 0 saturated heterocycles. The second kappa shape index (κ2) is 6.20. The van der Waals surface area contributed by atoms with Crippen molar-refractivity contribution < 1.29 is 4.84 Å². The van der Waals surface area contributed by atoms with Crippen LogP contribution in [0.2, 0.25) is 0 Å². The minimum Gasteiger partial charge on any atom is -0.410 e. The van der Waals surface area contributed by atoms with Crippen LogP contribution in [0.4, 0.5) is 0 Å². The van der Waals surface area contributed by atoms with Gasteiger partial charge in [-0.3, -0.25) is 0 Å².